The van der Waals surface area contributed by atoms with Gasteiger partial charge in [0.2, 0.25) is 0 Å². The second-order valence-corrected chi connectivity index (χ2v) is 9.54. The van der Waals surface area contributed by atoms with Crippen molar-refractivity contribution >= 4 is 17.0 Å². The van der Waals surface area contributed by atoms with Crippen LogP contribution in [0.4, 0.5) is 5.82 Å². The molecule has 2 aromatic carbocycles. The molecule has 7 nitrogen and oxygen atoms in total. The summed E-state index contributed by atoms with van der Waals surface area (Å²) in [6.45, 7) is 0.610. The number of anilines is 1. The van der Waals surface area contributed by atoms with Gasteiger partial charge in [0.1, 0.15) is 11.3 Å². The van der Waals surface area contributed by atoms with Crippen molar-refractivity contribution in [2.45, 2.75) is 31.2 Å². The summed E-state index contributed by atoms with van der Waals surface area (Å²) in [7, 11) is 0. The predicted octanol–water partition coefficient (Wildman–Crippen LogP) is 4.57. The van der Waals surface area contributed by atoms with Gasteiger partial charge in [0.25, 0.3) is 0 Å². The summed E-state index contributed by atoms with van der Waals surface area (Å²) in [4.78, 5) is 14.3. The lowest BCUT2D eigenvalue weighted by Crippen LogP contribution is -2.43. The Kier molecular flexibility index (Phi) is 5.51. The molecule has 6 N–H and O–H groups in total. The van der Waals surface area contributed by atoms with E-state index in [0.29, 0.717) is 18.2 Å². The first-order chi connectivity index (χ1) is 17.6. The van der Waals surface area contributed by atoms with Crippen LogP contribution in [0, 0.1) is 0 Å². The Bertz CT molecular complexity index is 1550. The molecule has 0 unspecified atom stereocenters. The number of benzene rings is 2. The van der Waals surface area contributed by atoms with Gasteiger partial charge >= 0.3 is 0 Å². The molecule has 3 heterocycles. The van der Waals surface area contributed by atoms with E-state index in [4.69, 9.17) is 27.2 Å². The van der Waals surface area contributed by atoms with E-state index in [9.17, 15) is 0 Å². The van der Waals surface area contributed by atoms with Gasteiger partial charge in [0.05, 0.1) is 11.3 Å². The highest BCUT2D eigenvalue weighted by Crippen LogP contribution is 2.39. The summed E-state index contributed by atoms with van der Waals surface area (Å²) < 4.78 is 2.06. The molecule has 1 fully saturated rings. The number of nitrogens with zero attached hydrogens (tertiary/aromatic N) is 4. The van der Waals surface area contributed by atoms with Crippen molar-refractivity contribution < 1.29 is 0 Å². The molecule has 0 radical (unpaired) electrons. The fourth-order valence-corrected chi connectivity index (χ4v) is 4.99. The van der Waals surface area contributed by atoms with Crippen LogP contribution in [0.15, 0.2) is 79.0 Å². The van der Waals surface area contributed by atoms with Gasteiger partial charge < -0.3 is 17.2 Å². The molecule has 3 aromatic heterocycles. The first kappa shape index (κ1) is 22.4. The topological polar surface area (TPSA) is 122 Å². The third-order valence-corrected chi connectivity index (χ3v) is 7.19. The van der Waals surface area contributed by atoms with E-state index in [-0.39, 0.29) is 5.54 Å². The molecule has 5 aromatic rings. The van der Waals surface area contributed by atoms with E-state index >= 15 is 0 Å². The van der Waals surface area contributed by atoms with Gasteiger partial charge in [-0.3, -0.25) is 4.57 Å². The molecule has 0 atom stereocenters. The van der Waals surface area contributed by atoms with E-state index in [1.54, 1.807) is 6.20 Å². The molecule has 1 aliphatic carbocycles. The standard InChI is InChI=1S/C29H29N7/c30-16-13-19-4-1-5-20(18-19)24-11-12-25-28(34-24)36(27(35-25)23-6-2-17-33-26(23)31)22-9-7-21(8-10-22)29(32)14-3-15-29/h1-2,4-12,17-18H,3,13-16,30,32H2,(H2,31,33). The number of fused-ring (bicyclic) bond motifs is 1. The summed E-state index contributed by atoms with van der Waals surface area (Å²) in [6.07, 6.45) is 5.73. The van der Waals surface area contributed by atoms with Crippen LogP contribution in [0.25, 0.3) is 39.5 Å². The van der Waals surface area contributed by atoms with Crippen molar-refractivity contribution in [2.75, 3.05) is 12.3 Å². The highest BCUT2D eigenvalue weighted by atomic mass is 15.1. The summed E-state index contributed by atoms with van der Waals surface area (Å²) in [5.74, 6) is 1.13. The number of hydrogen-bond donors (Lipinski definition) is 3. The highest BCUT2D eigenvalue weighted by molar-refractivity contribution is 5.84. The van der Waals surface area contributed by atoms with E-state index in [1.165, 1.54) is 12.0 Å². The minimum absolute atomic E-state index is 0.216. The van der Waals surface area contributed by atoms with Crippen LogP contribution < -0.4 is 17.2 Å². The number of aromatic nitrogens is 4. The smallest absolute Gasteiger partial charge is 0.165 e. The van der Waals surface area contributed by atoms with E-state index < -0.39 is 0 Å². The first-order valence-corrected chi connectivity index (χ1v) is 12.4. The number of pyridine rings is 2. The van der Waals surface area contributed by atoms with E-state index in [0.717, 1.165) is 58.5 Å². The Balaban J connectivity index is 1.53. The van der Waals surface area contributed by atoms with Crippen molar-refractivity contribution in [1.29, 1.82) is 0 Å². The molecule has 1 aliphatic rings. The normalized spacial score (nSPS) is 14.6. The SMILES string of the molecule is NCCc1cccc(-c2ccc3nc(-c4cccnc4N)n(-c4ccc(C5(N)CCC5)cc4)c3n2)c1. The van der Waals surface area contributed by atoms with Gasteiger partial charge in [0.15, 0.2) is 11.5 Å². The third kappa shape index (κ3) is 3.82. The Morgan fingerprint density at radius 3 is 2.47 bits per heavy atom. The van der Waals surface area contributed by atoms with E-state index in [2.05, 4.69) is 52.0 Å². The third-order valence-electron chi connectivity index (χ3n) is 7.19. The van der Waals surface area contributed by atoms with Gasteiger partial charge in [-0.1, -0.05) is 30.3 Å². The molecule has 6 rings (SSSR count). The molecule has 180 valence electrons. The lowest BCUT2D eigenvalue weighted by Gasteiger charge is -2.38. The van der Waals surface area contributed by atoms with Crippen LogP contribution in [0.3, 0.4) is 0 Å². The number of nitrogen functional groups attached to an aromatic ring is 1. The van der Waals surface area contributed by atoms with Crippen LogP contribution in [-0.4, -0.2) is 26.1 Å². The lowest BCUT2D eigenvalue weighted by molar-refractivity contribution is 0.253. The summed E-state index contributed by atoms with van der Waals surface area (Å²) >= 11 is 0. The van der Waals surface area contributed by atoms with Gasteiger partial charge in [-0.25, -0.2) is 15.0 Å². The maximum Gasteiger partial charge on any atom is 0.165 e. The van der Waals surface area contributed by atoms with Crippen LogP contribution in [-0.2, 0) is 12.0 Å². The van der Waals surface area contributed by atoms with Crippen molar-refractivity contribution in [3.05, 3.63) is 90.1 Å². The maximum absolute atomic E-state index is 6.58. The van der Waals surface area contributed by atoms with Crippen LogP contribution >= 0.6 is 0 Å². The van der Waals surface area contributed by atoms with Crippen LogP contribution in [0.1, 0.15) is 30.4 Å². The van der Waals surface area contributed by atoms with E-state index in [1.807, 2.05) is 30.3 Å². The van der Waals surface area contributed by atoms with Crippen LogP contribution in [0.5, 0.6) is 0 Å². The molecule has 36 heavy (non-hydrogen) atoms. The van der Waals surface area contributed by atoms with Gasteiger partial charge in [-0.2, -0.15) is 0 Å². The average Bonchev–Trinajstić information content (AvgIpc) is 3.26. The van der Waals surface area contributed by atoms with Gasteiger partial charge in [-0.05, 0) is 85.8 Å². The highest BCUT2D eigenvalue weighted by Gasteiger charge is 2.34. The number of rotatable bonds is 6. The van der Waals surface area contributed by atoms with Crippen LogP contribution in [0.2, 0.25) is 0 Å². The Labute approximate surface area is 210 Å². The zero-order chi connectivity index (χ0) is 24.7. The summed E-state index contributed by atoms with van der Waals surface area (Å²) in [5, 5.41) is 0. The van der Waals surface area contributed by atoms with Gasteiger partial charge in [-0.15, -0.1) is 0 Å². The zero-order valence-corrected chi connectivity index (χ0v) is 20.1. The molecule has 0 bridgehead atoms. The van der Waals surface area contributed by atoms with Crippen molar-refractivity contribution in [3.63, 3.8) is 0 Å². The quantitative estimate of drug-likeness (QED) is 0.331. The van der Waals surface area contributed by atoms with Crippen molar-refractivity contribution in [1.82, 2.24) is 19.5 Å². The molecule has 0 aliphatic heterocycles. The summed E-state index contributed by atoms with van der Waals surface area (Å²) in [5.41, 5.74) is 26.0. The minimum Gasteiger partial charge on any atom is -0.383 e. The second kappa shape index (κ2) is 8.86. The van der Waals surface area contributed by atoms with Crippen molar-refractivity contribution in [2.24, 2.45) is 11.5 Å². The molecule has 0 saturated heterocycles. The number of hydrogen-bond acceptors (Lipinski definition) is 6. The lowest BCUT2D eigenvalue weighted by atomic mass is 9.73. The Morgan fingerprint density at radius 2 is 1.75 bits per heavy atom. The predicted molar refractivity (Wildman–Crippen MR) is 144 cm³/mol. The largest absolute Gasteiger partial charge is 0.383 e. The number of imidazole rings is 1. The first-order valence-electron chi connectivity index (χ1n) is 12.4. The Hall–Kier alpha value is -4.07. The Morgan fingerprint density at radius 1 is 0.917 bits per heavy atom. The molecule has 0 spiro atoms. The fourth-order valence-electron chi connectivity index (χ4n) is 4.99. The monoisotopic (exact) mass is 475 g/mol. The maximum atomic E-state index is 6.58. The van der Waals surface area contributed by atoms with Gasteiger partial charge in [0, 0.05) is 23.0 Å². The summed E-state index contributed by atoms with van der Waals surface area (Å²) in [6, 6.07) is 24.6. The molecular formula is C29H29N7. The minimum atomic E-state index is -0.216. The number of nitrogens with two attached hydrogens (primary N) is 3. The molecule has 1 saturated carbocycles. The molecule has 7 heteroatoms. The molecule has 0 amide bonds. The zero-order valence-electron chi connectivity index (χ0n) is 20.1. The fraction of sp³-hybridized carbons (Fsp3) is 0.207. The molecular weight excluding hydrogens is 446 g/mol. The second-order valence-electron chi connectivity index (χ2n) is 9.54. The van der Waals surface area contributed by atoms with Crippen molar-refractivity contribution in [3.8, 4) is 28.3 Å². The average molecular weight is 476 g/mol.